The van der Waals surface area contributed by atoms with Crippen LogP contribution in [0.25, 0.3) is 6.08 Å². The molecule has 0 unspecified atom stereocenters. The van der Waals surface area contributed by atoms with Gasteiger partial charge in [0.2, 0.25) is 11.2 Å². The quantitative estimate of drug-likeness (QED) is 0.405. The van der Waals surface area contributed by atoms with E-state index in [1.807, 2.05) is 0 Å². The standard InChI is InChI=1S/C13H9ClN4O3/c14-13-15-8-7-11(17-13)16-12(19)6-3-9-1-4-10(5-2-9)18(20)21/h1-8H,(H,15,16,17,19)/b6-3+. The van der Waals surface area contributed by atoms with Gasteiger partial charge in [0.05, 0.1) is 4.92 Å². The van der Waals surface area contributed by atoms with E-state index in [1.165, 1.54) is 36.5 Å². The minimum absolute atomic E-state index is 0.00720. The second-order valence-corrected chi connectivity index (χ2v) is 4.22. The Labute approximate surface area is 124 Å². The van der Waals surface area contributed by atoms with Crippen LogP contribution in [0.4, 0.5) is 11.5 Å². The van der Waals surface area contributed by atoms with Crippen LogP contribution in [-0.2, 0) is 4.79 Å². The van der Waals surface area contributed by atoms with Crippen LogP contribution in [0.3, 0.4) is 0 Å². The van der Waals surface area contributed by atoms with E-state index in [0.717, 1.165) is 0 Å². The minimum Gasteiger partial charge on any atom is -0.307 e. The van der Waals surface area contributed by atoms with Gasteiger partial charge in [-0.2, -0.15) is 0 Å². The Hall–Kier alpha value is -2.80. The highest BCUT2D eigenvalue weighted by molar-refractivity contribution is 6.28. The van der Waals surface area contributed by atoms with Crippen molar-refractivity contribution < 1.29 is 9.72 Å². The van der Waals surface area contributed by atoms with Crippen molar-refractivity contribution in [3.8, 4) is 0 Å². The summed E-state index contributed by atoms with van der Waals surface area (Å²) in [6.45, 7) is 0. The third-order valence-electron chi connectivity index (χ3n) is 2.41. The molecule has 0 saturated carbocycles. The van der Waals surface area contributed by atoms with E-state index in [-0.39, 0.29) is 16.8 Å². The Morgan fingerprint density at radius 2 is 2.00 bits per heavy atom. The fourth-order valence-electron chi connectivity index (χ4n) is 1.45. The molecular formula is C13H9ClN4O3. The van der Waals surface area contributed by atoms with Crippen molar-refractivity contribution in [1.29, 1.82) is 0 Å². The van der Waals surface area contributed by atoms with Crippen LogP contribution in [0.15, 0.2) is 42.6 Å². The third-order valence-corrected chi connectivity index (χ3v) is 2.59. The summed E-state index contributed by atoms with van der Waals surface area (Å²) in [6, 6.07) is 7.32. The summed E-state index contributed by atoms with van der Waals surface area (Å²) in [7, 11) is 0. The number of non-ortho nitro benzene ring substituents is 1. The molecule has 7 nitrogen and oxygen atoms in total. The molecule has 0 spiro atoms. The molecule has 8 heteroatoms. The summed E-state index contributed by atoms with van der Waals surface area (Å²) in [6.07, 6.45) is 4.24. The molecule has 1 amide bonds. The van der Waals surface area contributed by atoms with Gasteiger partial charge in [-0.3, -0.25) is 14.9 Å². The van der Waals surface area contributed by atoms with Crippen molar-refractivity contribution in [2.75, 3.05) is 5.32 Å². The number of aromatic nitrogens is 2. The highest BCUT2D eigenvalue weighted by Gasteiger charge is 2.03. The number of benzene rings is 1. The zero-order chi connectivity index (χ0) is 15.2. The van der Waals surface area contributed by atoms with E-state index in [1.54, 1.807) is 12.1 Å². The van der Waals surface area contributed by atoms with E-state index >= 15 is 0 Å². The molecule has 2 rings (SSSR count). The monoisotopic (exact) mass is 304 g/mol. The number of nitro groups is 1. The zero-order valence-electron chi connectivity index (χ0n) is 10.6. The van der Waals surface area contributed by atoms with E-state index in [9.17, 15) is 14.9 Å². The first-order chi connectivity index (χ1) is 10.0. The number of halogens is 1. The van der Waals surface area contributed by atoms with Gasteiger partial charge in [-0.25, -0.2) is 9.97 Å². The predicted molar refractivity (Wildman–Crippen MR) is 77.8 cm³/mol. The second-order valence-electron chi connectivity index (χ2n) is 3.88. The first kappa shape index (κ1) is 14.6. The fourth-order valence-corrected chi connectivity index (χ4v) is 1.60. The third kappa shape index (κ3) is 4.36. The van der Waals surface area contributed by atoms with Gasteiger partial charge in [-0.05, 0) is 41.4 Å². The number of rotatable bonds is 4. The maximum Gasteiger partial charge on any atom is 0.269 e. The molecule has 0 aliphatic heterocycles. The van der Waals surface area contributed by atoms with E-state index < -0.39 is 10.8 Å². The van der Waals surface area contributed by atoms with Gasteiger partial charge in [0.1, 0.15) is 5.82 Å². The Kier molecular flexibility index (Phi) is 4.57. The van der Waals surface area contributed by atoms with Gasteiger partial charge < -0.3 is 5.32 Å². The molecule has 0 fully saturated rings. The first-order valence-corrected chi connectivity index (χ1v) is 6.14. The van der Waals surface area contributed by atoms with Crippen LogP contribution < -0.4 is 5.32 Å². The van der Waals surface area contributed by atoms with E-state index in [4.69, 9.17) is 11.6 Å². The van der Waals surface area contributed by atoms with Crippen LogP contribution >= 0.6 is 11.6 Å². The smallest absolute Gasteiger partial charge is 0.269 e. The number of hydrogen-bond donors (Lipinski definition) is 1. The molecule has 1 N–H and O–H groups in total. The van der Waals surface area contributed by atoms with Crippen molar-refractivity contribution in [2.24, 2.45) is 0 Å². The summed E-state index contributed by atoms with van der Waals surface area (Å²) in [5, 5.41) is 13.1. The van der Waals surface area contributed by atoms with Gasteiger partial charge in [0.15, 0.2) is 0 Å². The number of nitrogens with zero attached hydrogens (tertiary/aromatic N) is 3. The average Bonchev–Trinajstić information content (AvgIpc) is 2.45. The van der Waals surface area contributed by atoms with Crippen LogP contribution in [0.1, 0.15) is 5.56 Å². The number of amides is 1. The van der Waals surface area contributed by atoms with Gasteiger partial charge in [-0.15, -0.1) is 0 Å². The zero-order valence-corrected chi connectivity index (χ0v) is 11.3. The molecule has 0 aliphatic rings. The molecule has 1 heterocycles. The topological polar surface area (TPSA) is 98.0 Å². The largest absolute Gasteiger partial charge is 0.307 e. The predicted octanol–water partition coefficient (Wildman–Crippen LogP) is 2.69. The van der Waals surface area contributed by atoms with E-state index in [2.05, 4.69) is 15.3 Å². The van der Waals surface area contributed by atoms with Crippen molar-refractivity contribution in [1.82, 2.24) is 9.97 Å². The normalized spacial score (nSPS) is 10.5. The van der Waals surface area contributed by atoms with Crippen molar-refractivity contribution in [2.45, 2.75) is 0 Å². The Balaban J connectivity index is 2.00. The van der Waals surface area contributed by atoms with Crippen molar-refractivity contribution >= 4 is 35.1 Å². The summed E-state index contributed by atoms with van der Waals surface area (Å²) < 4.78 is 0. The van der Waals surface area contributed by atoms with Crippen molar-refractivity contribution in [3.05, 3.63) is 63.6 Å². The lowest BCUT2D eigenvalue weighted by atomic mass is 10.2. The summed E-state index contributed by atoms with van der Waals surface area (Å²) >= 11 is 5.60. The Morgan fingerprint density at radius 1 is 1.29 bits per heavy atom. The molecule has 0 atom stereocenters. The van der Waals surface area contributed by atoms with Gasteiger partial charge in [0, 0.05) is 24.4 Å². The summed E-state index contributed by atoms with van der Waals surface area (Å²) in [5.41, 5.74) is 0.656. The summed E-state index contributed by atoms with van der Waals surface area (Å²) in [5.74, 6) is -0.114. The van der Waals surface area contributed by atoms with Gasteiger partial charge >= 0.3 is 0 Å². The Morgan fingerprint density at radius 3 is 2.62 bits per heavy atom. The highest BCUT2D eigenvalue weighted by Crippen LogP contribution is 2.13. The minimum atomic E-state index is -0.487. The number of nitro benzene ring substituents is 1. The van der Waals surface area contributed by atoms with Gasteiger partial charge in [0.25, 0.3) is 5.69 Å². The highest BCUT2D eigenvalue weighted by atomic mass is 35.5. The van der Waals surface area contributed by atoms with Crippen LogP contribution in [0, 0.1) is 10.1 Å². The van der Waals surface area contributed by atoms with Crippen LogP contribution in [-0.4, -0.2) is 20.8 Å². The molecular weight excluding hydrogens is 296 g/mol. The molecule has 0 radical (unpaired) electrons. The molecule has 0 bridgehead atoms. The van der Waals surface area contributed by atoms with E-state index in [0.29, 0.717) is 5.56 Å². The lowest BCUT2D eigenvalue weighted by Crippen LogP contribution is -2.09. The number of carbonyl (C=O) groups excluding carboxylic acids is 1. The maximum atomic E-state index is 11.7. The first-order valence-electron chi connectivity index (χ1n) is 5.76. The van der Waals surface area contributed by atoms with Crippen LogP contribution in [0.5, 0.6) is 0 Å². The maximum absolute atomic E-state index is 11.7. The molecule has 1 aromatic heterocycles. The molecule has 0 saturated heterocycles. The molecule has 1 aromatic carbocycles. The SMILES string of the molecule is O=C(/C=C/c1ccc([N+](=O)[O-])cc1)Nc1ccnc(Cl)n1. The molecule has 2 aromatic rings. The fraction of sp³-hybridized carbons (Fsp3) is 0. The number of nitrogens with one attached hydrogen (secondary N) is 1. The van der Waals surface area contributed by atoms with Gasteiger partial charge in [-0.1, -0.05) is 0 Å². The second kappa shape index (κ2) is 6.58. The molecule has 106 valence electrons. The number of carbonyl (C=O) groups is 1. The molecule has 21 heavy (non-hydrogen) atoms. The van der Waals surface area contributed by atoms with Crippen LogP contribution in [0.2, 0.25) is 5.28 Å². The summed E-state index contributed by atoms with van der Waals surface area (Å²) in [4.78, 5) is 29.2. The van der Waals surface area contributed by atoms with Crippen molar-refractivity contribution in [3.63, 3.8) is 0 Å². The molecule has 0 aliphatic carbocycles. The Bertz CT molecular complexity index is 701. The average molecular weight is 305 g/mol. The lowest BCUT2D eigenvalue weighted by molar-refractivity contribution is -0.384. The lowest BCUT2D eigenvalue weighted by Gasteiger charge is -2.00. The number of hydrogen-bond acceptors (Lipinski definition) is 5. The number of anilines is 1.